The molecule has 0 radical (unpaired) electrons. The number of carbonyl (C=O) groups is 1. The van der Waals surface area contributed by atoms with Crippen LogP contribution in [0, 0.1) is 10.1 Å². The maximum absolute atomic E-state index is 11.9. The van der Waals surface area contributed by atoms with Crippen molar-refractivity contribution in [1.29, 1.82) is 0 Å². The van der Waals surface area contributed by atoms with Crippen molar-refractivity contribution in [2.24, 2.45) is 0 Å². The van der Waals surface area contributed by atoms with E-state index in [4.69, 9.17) is 4.74 Å². The normalized spacial score (nSPS) is 10.7. The third-order valence-electron chi connectivity index (χ3n) is 3.24. The Morgan fingerprint density at radius 1 is 1.41 bits per heavy atom. The van der Waals surface area contributed by atoms with Gasteiger partial charge in [-0.25, -0.2) is 0 Å². The van der Waals surface area contributed by atoms with Crippen LogP contribution in [0.15, 0.2) is 24.3 Å². The Kier molecular flexibility index (Phi) is 8.09. The van der Waals surface area contributed by atoms with E-state index in [-0.39, 0.29) is 18.1 Å². The third-order valence-corrected chi connectivity index (χ3v) is 3.24. The molecule has 0 heterocycles. The fourth-order valence-corrected chi connectivity index (χ4v) is 2.05. The van der Waals surface area contributed by atoms with Gasteiger partial charge >= 0.3 is 0 Å². The van der Waals surface area contributed by atoms with Gasteiger partial charge in [0.1, 0.15) is 0 Å². The average molecular weight is 309 g/mol. The summed E-state index contributed by atoms with van der Waals surface area (Å²) in [7, 11) is 1.62. The van der Waals surface area contributed by atoms with Crippen LogP contribution in [0.3, 0.4) is 0 Å². The van der Waals surface area contributed by atoms with Gasteiger partial charge in [0.15, 0.2) is 0 Å². The lowest BCUT2D eigenvalue weighted by atomic mass is 10.1. The number of ether oxygens (including phenoxy) is 1. The summed E-state index contributed by atoms with van der Waals surface area (Å²) in [6, 6.07) is 6.60. The molecule has 0 aromatic heterocycles. The molecule has 7 nitrogen and oxygen atoms in total. The first kappa shape index (κ1) is 18.1. The molecule has 7 heteroatoms. The minimum Gasteiger partial charge on any atom is -0.385 e. The fraction of sp³-hybridized carbons (Fsp3) is 0.533. The van der Waals surface area contributed by atoms with E-state index in [9.17, 15) is 14.9 Å². The number of nitrogens with zero attached hydrogens (tertiary/aromatic N) is 2. The predicted octanol–water partition coefficient (Wildman–Crippen LogP) is 1.57. The number of hydrogen-bond donors (Lipinski definition) is 1. The number of benzene rings is 1. The summed E-state index contributed by atoms with van der Waals surface area (Å²) in [4.78, 5) is 24.3. The Bertz CT molecular complexity index is 493. The minimum atomic E-state index is -0.395. The molecular weight excluding hydrogens is 286 g/mol. The van der Waals surface area contributed by atoms with Crippen molar-refractivity contribution >= 4 is 11.6 Å². The van der Waals surface area contributed by atoms with Crippen molar-refractivity contribution in [2.45, 2.75) is 19.9 Å². The summed E-state index contributed by atoms with van der Waals surface area (Å²) >= 11 is 0. The molecule has 1 aromatic carbocycles. The number of nitro benzene ring substituents is 1. The van der Waals surface area contributed by atoms with Gasteiger partial charge in [-0.2, -0.15) is 0 Å². The number of hydrogen-bond acceptors (Lipinski definition) is 5. The van der Waals surface area contributed by atoms with Crippen molar-refractivity contribution in [2.75, 3.05) is 33.4 Å². The number of nitro groups is 1. The molecule has 0 unspecified atom stereocenters. The third kappa shape index (κ3) is 6.19. The topological polar surface area (TPSA) is 84.7 Å². The highest BCUT2D eigenvalue weighted by atomic mass is 16.6. The molecule has 1 N–H and O–H groups in total. The van der Waals surface area contributed by atoms with Crippen molar-refractivity contribution in [3.8, 4) is 0 Å². The SMILES string of the molecule is CCN(CC(=O)NCCCOC)Cc1ccccc1[N+](=O)[O-]. The first-order valence-electron chi connectivity index (χ1n) is 7.28. The Balaban J connectivity index is 2.55. The number of rotatable bonds is 10. The number of carbonyl (C=O) groups excluding carboxylic acids is 1. The van der Waals surface area contributed by atoms with E-state index in [1.165, 1.54) is 6.07 Å². The second kappa shape index (κ2) is 9.86. The molecule has 0 aliphatic heterocycles. The van der Waals surface area contributed by atoms with E-state index in [2.05, 4.69) is 5.32 Å². The van der Waals surface area contributed by atoms with Crippen molar-refractivity contribution in [3.63, 3.8) is 0 Å². The molecule has 0 spiro atoms. The van der Waals surface area contributed by atoms with Crippen molar-refractivity contribution in [1.82, 2.24) is 10.2 Å². The van der Waals surface area contributed by atoms with Crippen LogP contribution < -0.4 is 5.32 Å². The molecule has 122 valence electrons. The van der Waals surface area contributed by atoms with Crippen LogP contribution in [0.4, 0.5) is 5.69 Å². The quantitative estimate of drug-likeness (QED) is 0.403. The second-order valence-corrected chi connectivity index (χ2v) is 4.89. The van der Waals surface area contributed by atoms with Gasteiger partial charge in [-0.05, 0) is 13.0 Å². The Labute approximate surface area is 130 Å². The lowest BCUT2D eigenvalue weighted by Gasteiger charge is -2.19. The largest absolute Gasteiger partial charge is 0.385 e. The molecule has 1 aromatic rings. The predicted molar refractivity (Wildman–Crippen MR) is 83.6 cm³/mol. The molecule has 0 aliphatic rings. The molecule has 1 rings (SSSR count). The number of likely N-dealkylation sites (N-methyl/N-ethyl adjacent to an activating group) is 1. The molecule has 0 saturated carbocycles. The summed E-state index contributed by atoms with van der Waals surface area (Å²) in [5.74, 6) is -0.0865. The smallest absolute Gasteiger partial charge is 0.273 e. The van der Waals surface area contributed by atoms with Gasteiger partial charge in [-0.1, -0.05) is 25.1 Å². The van der Waals surface area contributed by atoms with E-state index in [1.807, 2.05) is 11.8 Å². The fourth-order valence-electron chi connectivity index (χ4n) is 2.05. The number of nitrogens with one attached hydrogen (secondary N) is 1. The van der Waals surface area contributed by atoms with Gasteiger partial charge < -0.3 is 10.1 Å². The number of para-hydroxylation sites is 1. The highest BCUT2D eigenvalue weighted by Gasteiger charge is 2.16. The van der Waals surface area contributed by atoms with E-state index >= 15 is 0 Å². The zero-order valence-corrected chi connectivity index (χ0v) is 13.1. The average Bonchev–Trinajstić information content (AvgIpc) is 2.51. The first-order chi connectivity index (χ1) is 10.6. The molecular formula is C15H23N3O4. The van der Waals surface area contributed by atoms with Gasteiger partial charge in [-0.15, -0.1) is 0 Å². The highest BCUT2D eigenvalue weighted by Crippen LogP contribution is 2.19. The minimum absolute atomic E-state index is 0.0847. The standard InChI is InChI=1S/C15H23N3O4/c1-3-17(12-15(19)16-9-6-10-22-2)11-13-7-4-5-8-14(13)18(20)21/h4-5,7-8H,3,6,9-12H2,1-2H3,(H,16,19). The van der Waals surface area contributed by atoms with Crippen LogP contribution in [0.1, 0.15) is 18.9 Å². The van der Waals surface area contributed by atoms with E-state index < -0.39 is 4.92 Å². The van der Waals surface area contributed by atoms with Gasteiger partial charge in [-0.3, -0.25) is 19.8 Å². The molecule has 0 saturated heterocycles. The summed E-state index contributed by atoms with van der Waals surface area (Å²) < 4.78 is 4.91. The summed E-state index contributed by atoms with van der Waals surface area (Å²) in [5.41, 5.74) is 0.697. The molecule has 0 atom stereocenters. The van der Waals surface area contributed by atoms with E-state index in [0.29, 0.717) is 31.8 Å². The Morgan fingerprint density at radius 2 is 2.14 bits per heavy atom. The first-order valence-corrected chi connectivity index (χ1v) is 7.28. The Hall–Kier alpha value is -1.99. The molecule has 1 amide bonds. The van der Waals surface area contributed by atoms with E-state index in [1.54, 1.807) is 25.3 Å². The van der Waals surface area contributed by atoms with Gasteiger partial charge in [0.25, 0.3) is 5.69 Å². The van der Waals surface area contributed by atoms with Crippen LogP contribution in [-0.4, -0.2) is 49.1 Å². The summed E-state index contributed by atoms with van der Waals surface area (Å²) in [6.07, 6.45) is 0.762. The maximum Gasteiger partial charge on any atom is 0.273 e. The van der Waals surface area contributed by atoms with Gasteiger partial charge in [0, 0.05) is 38.4 Å². The lowest BCUT2D eigenvalue weighted by Crippen LogP contribution is -2.37. The van der Waals surface area contributed by atoms with E-state index in [0.717, 1.165) is 6.42 Å². The monoisotopic (exact) mass is 309 g/mol. The molecule has 0 aliphatic carbocycles. The second-order valence-electron chi connectivity index (χ2n) is 4.89. The van der Waals surface area contributed by atoms with Gasteiger partial charge in [0.05, 0.1) is 11.5 Å². The Morgan fingerprint density at radius 3 is 2.77 bits per heavy atom. The zero-order chi connectivity index (χ0) is 16.4. The summed E-state index contributed by atoms with van der Waals surface area (Å²) in [5, 5.41) is 13.8. The zero-order valence-electron chi connectivity index (χ0n) is 13.1. The number of amides is 1. The van der Waals surface area contributed by atoms with Crippen LogP contribution in [0.2, 0.25) is 0 Å². The number of methoxy groups -OCH3 is 1. The molecule has 0 fully saturated rings. The van der Waals surface area contributed by atoms with Crippen LogP contribution in [0.25, 0.3) is 0 Å². The van der Waals surface area contributed by atoms with Crippen LogP contribution in [0.5, 0.6) is 0 Å². The summed E-state index contributed by atoms with van der Waals surface area (Å²) in [6.45, 7) is 4.32. The maximum atomic E-state index is 11.9. The molecule has 0 bridgehead atoms. The van der Waals surface area contributed by atoms with Crippen molar-refractivity contribution in [3.05, 3.63) is 39.9 Å². The van der Waals surface area contributed by atoms with Crippen LogP contribution >= 0.6 is 0 Å². The van der Waals surface area contributed by atoms with Crippen LogP contribution in [-0.2, 0) is 16.1 Å². The lowest BCUT2D eigenvalue weighted by molar-refractivity contribution is -0.385. The molecule has 22 heavy (non-hydrogen) atoms. The van der Waals surface area contributed by atoms with Gasteiger partial charge in [0.2, 0.25) is 5.91 Å². The van der Waals surface area contributed by atoms with Crippen molar-refractivity contribution < 1.29 is 14.5 Å². The highest BCUT2D eigenvalue weighted by molar-refractivity contribution is 5.77.